The van der Waals surface area contributed by atoms with Crippen LogP contribution in [-0.4, -0.2) is 31.2 Å². The Kier molecular flexibility index (Phi) is 4.74. The van der Waals surface area contributed by atoms with Gasteiger partial charge in [0.1, 0.15) is 0 Å². The Balaban J connectivity index is 2.40. The largest absolute Gasteiger partial charge is 0.378 e. The van der Waals surface area contributed by atoms with Crippen LogP contribution in [0.2, 0.25) is 0 Å². The molecule has 0 aromatic heterocycles. The van der Waals surface area contributed by atoms with Gasteiger partial charge in [-0.25, -0.2) is 0 Å². The second kappa shape index (κ2) is 5.64. The molecule has 4 nitrogen and oxygen atoms in total. The molecule has 4 heteroatoms. The van der Waals surface area contributed by atoms with Gasteiger partial charge < -0.3 is 15.8 Å². The van der Waals surface area contributed by atoms with Crippen LogP contribution in [0.3, 0.4) is 0 Å². The zero-order chi connectivity index (χ0) is 12.2. The molecule has 1 saturated carbocycles. The summed E-state index contributed by atoms with van der Waals surface area (Å²) in [5.74, 6) is 0.430. The van der Waals surface area contributed by atoms with Gasteiger partial charge in [0, 0.05) is 19.7 Å². The molecule has 0 aromatic rings. The fraction of sp³-hybridized carbons (Fsp3) is 0.917. The lowest BCUT2D eigenvalue weighted by atomic mass is 9.77. The Morgan fingerprint density at radius 1 is 1.50 bits per heavy atom. The second-order valence-corrected chi connectivity index (χ2v) is 5.07. The van der Waals surface area contributed by atoms with E-state index >= 15 is 0 Å². The predicted octanol–water partition coefficient (Wildman–Crippen LogP) is 1.05. The van der Waals surface area contributed by atoms with Crippen LogP contribution >= 0.6 is 0 Å². The van der Waals surface area contributed by atoms with Gasteiger partial charge in [0.05, 0.1) is 12.0 Å². The van der Waals surface area contributed by atoms with E-state index in [1.54, 1.807) is 7.11 Å². The number of carbonyl (C=O) groups is 1. The summed E-state index contributed by atoms with van der Waals surface area (Å²) in [6, 6.07) is 0.0708. The number of nitrogens with two attached hydrogens (primary N) is 1. The third kappa shape index (κ3) is 3.19. The van der Waals surface area contributed by atoms with Crippen molar-refractivity contribution in [2.45, 2.75) is 51.2 Å². The van der Waals surface area contributed by atoms with Gasteiger partial charge in [-0.2, -0.15) is 0 Å². The number of amides is 1. The maximum atomic E-state index is 11.8. The van der Waals surface area contributed by atoms with Gasteiger partial charge >= 0.3 is 0 Å². The van der Waals surface area contributed by atoms with Crippen molar-refractivity contribution in [2.75, 3.05) is 13.7 Å². The molecule has 1 unspecified atom stereocenters. The maximum absolute atomic E-state index is 11.8. The van der Waals surface area contributed by atoms with Crippen molar-refractivity contribution in [3.05, 3.63) is 0 Å². The van der Waals surface area contributed by atoms with E-state index in [0.29, 0.717) is 18.9 Å². The van der Waals surface area contributed by atoms with Gasteiger partial charge in [-0.3, -0.25) is 4.79 Å². The summed E-state index contributed by atoms with van der Waals surface area (Å²) in [6.07, 6.45) is 3.61. The lowest BCUT2D eigenvalue weighted by Gasteiger charge is -2.40. The first-order chi connectivity index (χ1) is 7.53. The first-order valence-corrected chi connectivity index (χ1v) is 6.07. The molecular weight excluding hydrogens is 204 g/mol. The molecule has 0 bridgehead atoms. The van der Waals surface area contributed by atoms with Crippen molar-refractivity contribution in [2.24, 2.45) is 11.7 Å². The van der Waals surface area contributed by atoms with Crippen LogP contribution in [0.15, 0.2) is 0 Å². The van der Waals surface area contributed by atoms with E-state index in [4.69, 9.17) is 10.5 Å². The van der Waals surface area contributed by atoms with Crippen molar-refractivity contribution in [1.82, 2.24) is 5.32 Å². The second-order valence-electron chi connectivity index (χ2n) is 5.07. The molecule has 1 aliphatic rings. The van der Waals surface area contributed by atoms with Crippen molar-refractivity contribution in [3.63, 3.8) is 0 Å². The topological polar surface area (TPSA) is 64.3 Å². The molecule has 0 radical (unpaired) electrons. The molecule has 1 amide bonds. The number of nitrogens with one attached hydrogen (secondary N) is 1. The average molecular weight is 228 g/mol. The summed E-state index contributed by atoms with van der Waals surface area (Å²) in [5.41, 5.74) is 5.42. The highest BCUT2D eigenvalue weighted by Gasteiger charge is 2.39. The first-order valence-electron chi connectivity index (χ1n) is 6.07. The summed E-state index contributed by atoms with van der Waals surface area (Å²) in [4.78, 5) is 11.8. The monoisotopic (exact) mass is 228 g/mol. The Labute approximate surface area is 97.9 Å². The predicted molar refractivity (Wildman–Crippen MR) is 64.0 cm³/mol. The summed E-state index contributed by atoms with van der Waals surface area (Å²) in [6.45, 7) is 4.61. The molecule has 0 heterocycles. The molecular formula is C12H24N2O2. The van der Waals surface area contributed by atoms with Gasteiger partial charge in [0.2, 0.25) is 5.91 Å². The van der Waals surface area contributed by atoms with Crippen LogP contribution in [0.4, 0.5) is 0 Å². The number of rotatable bonds is 6. The highest BCUT2D eigenvalue weighted by molar-refractivity contribution is 5.77. The van der Waals surface area contributed by atoms with Crippen molar-refractivity contribution >= 4 is 5.91 Å². The minimum atomic E-state index is -0.194. The van der Waals surface area contributed by atoms with E-state index in [9.17, 15) is 4.79 Å². The van der Waals surface area contributed by atoms with Gasteiger partial charge in [-0.1, -0.05) is 13.8 Å². The zero-order valence-corrected chi connectivity index (χ0v) is 10.6. The van der Waals surface area contributed by atoms with E-state index in [2.05, 4.69) is 19.2 Å². The van der Waals surface area contributed by atoms with Crippen LogP contribution < -0.4 is 11.1 Å². The number of hydrogen-bond acceptors (Lipinski definition) is 3. The van der Waals surface area contributed by atoms with Gasteiger partial charge in [-0.15, -0.1) is 0 Å². The molecule has 3 N–H and O–H groups in total. The Bertz CT molecular complexity index is 232. The molecule has 0 aromatic carbocycles. The molecule has 0 saturated heterocycles. The van der Waals surface area contributed by atoms with Crippen molar-refractivity contribution in [3.8, 4) is 0 Å². The smallest absolute Gasteiger partial charge is 0.223 e. The maximum Gasteiger partial charge on any atom is 0.223 e. The third-order valence-electron chi connectivity index (χ3n) is 3.59. The van der Waals surface area contributed by atoms with E-state index in [1.807, 2.05) is 0 Å². The zero-order valence-electron chi connectivity index (χ0n) is 10.6. The fourth-order valence-corrected chi connectivity index (χ4v) is 2.07. The summed E-state index contributed by atoms with van der Waals surface area (Å²) >= 11 is 0. The van der Waals surface area contributed by atoms with Crippen LogP contribution in [0.5, 0.6) is 0 Å². The van der Waals surface area contributed by atoms with Gasteiger partial charge in [-0.05, 0) is 25.2 Å². The molecule has 0 spiro atoms. The van der Waals surface area contributed by atoms with E-state index < -0.39 is 0 Å². The number of methoxy groups -OCH3 is 1. The normalized spacial score (nSPS) is 20.3. The van der Waals surface area contributed by atoms with Crippen molar-refractivity contribution < 1.29 is 9.53 Å². The first kappa shape index (κ1) is 13.5. The molecule has 16 heavy (non-hydrogen) atoms. The summed E-state index contributed by atoms with van der Waals surface area (Å²) < 4.78 is 5.43. The highest BCUT2D eigenvalue weighted by atomic mass is 16.5. The Morgan fingerprint density at radius 2 is 2.12 bits per heavy atom. The van der Waals surface area contributed by atoms with Crippen molar-refractivity contribution in [1.29, 1.82) is 0 Å². The average Bonchev–Trinajstić information content (AvgIpc) is 2.19. The minimum absolute atomic E-state index is 0.0608. The van der Waals surface area contributed by atoms with E-state index in [0.717, 1.165) is 19.3 Å². The summed E-state index contributed by atoms with van der Waals surface area (Å²) in [7, 11) is 1.69. The van der Waals surface area contributed by atoms with E-state index in [1.165, 1.54) is 0 Å². The number of hydrogen-bond donors (Lipinski definition) is 2. The highest BCUT2D eigenvalue weighted by Crippen LogP contribution is 2.37. The Hall–Kier alpha value is -0.610. The molecule has 94 valence electrons. The molecule has 0 aliphatic heterocycles. The van der Waals surface area contributed by atoms with Crippen LogP contribution in [0.1, 0.15) is 39.5 Å². The SMILES string of the molecule is COC1(CC(=O)NC(CN)C(C)C)CCC1. The standard InChI is InChI=1S/C12H24N2O2/c1-9(2)10(8-13)14-11(15)7-12(16-3)5-4-6-12/h9-10H,4-8,13H2,1-3H3,(H,14,15). The lowest BCUT2D eigenvalue weighted by Crippen LogP contribution is -2.49. The third-order valence-corrected chi connectivity index (χ3v) is 3.59. The lowest BCUT2D eigenvalue weighted by molar-refractivity contribution is -0.135. The van der Waals surface area contributed by atoms with E-state index in [-0.39, 0.29) is 17.6 Å². The fourth-order valence-electron chi connectivity index (χ4n) is 2.07. The quantitative estimate of drug-likeness (QED) is 0.714. The van der Waals surface area contributed by atoms with Crippen LogP contribution in [0.25, 0.3) is 0 Å². The Morgan fingerprint density at radius 3 is 2.44 bits per heavy atom. The molecule has 1 atom stereocenters. The molecule has 1 aliphatic carbocycles. The van der Waals surface area contributed by atoms with Crippen LogP contribution in [-0.2, 0) is 9.53 Å². The van der Waals surface area contributed by atoms with Gasteiger partial charge in [0.25, 0.3) is 0 Å². The summed E-state index contributed by atoms with van der Waals surface area (Å²) in [5, 5.41) is 2.98. The van der Waals surface area contributed by atoms with Gasteiger partial charge in [0.15, 0.2) is 0 Å². The van der Waals surface area contributed by atoms with Crippen LogP contribution in [0, 0.1) is 5.92 Å². The number of ether oxygens (including phenoxy) is 1. The minimum Gasteiger partial charge on any atom is -0.378 e. The number of carbonyl (C=O) groups excluding carboxylic acids is 1. The molecule has 1 fully saturated rings. The molecule has 1 rings (SSSR count).